The molecule has 0 bridgehead atoms. The van der Waals surface area contributed by atoms with Gasteiger partial charge in [-0.1, -0.05) is 0 Å². The van der Waals surface area contributed by atoms with E-state index in [9.17, 15) is 9.18 Å². The van der Waals surface area contributed by atoms with Crippen LogP contribution in [0, 0.1) is 17.1 Å². The second-order valence-electron chi connectivity index (χ2n) is 3.95. The van der Waals surface area contributed by atoms with Crippen molar-refractivity contribution >= 4 is 11.6 Å². The number of nitrogens with one attached hydrogen (secondary N) is 2. The molecule has 18 heavy (non-hydrogen) atoms. The van der Waals surface area contributed by atoms with Crippen molar-refractivity contribution in [2.24, 2.45) is 0 Å². The summed E-state index contributed by atoms with van der Waals surface area (Å²) in [6.45, 7) is 3.78. The third-order valence-corrected chi connectivity index (χ3v) is 2.03. The summed E-state index contributed by atoms with van der Waals surface area (Å²) in [6, 6.07) is 7.26. The fourth-order valence-corrected chi connectivity index (χ4v) is 1.13. The highest BCUT2D eigenvalue weighted by atomic mass is 19.1. The average Bonchev–Trinajstić information content (AvgIpc) is 2.32. The number of hydrogen-bond acceptors (Lipinski definition) is 3. The number of amides is 1. The summed E-state index contributed by atoms with van der Waals surface area (Å²) in [5.74, 6) is -0.914. The highest BCUT2D eigenvalue weighted by molar-refractivity contribution is 6.06. The van der Waals surface area contributed by atoms with Crippen LogP contribution in [0.5, 0.6) is 0 Å². The fourth-order valence-electron chi connectivity index (χ4n) is 1.13. The number of hydrogen-bond donors (Lipinski definition) is 2. The second-order valence-corrected chi connectivity index (χ2v) is 3.95. The van der Waals surface area contributed by atoms with Crippen LogP contribution in [0.25, 0.3) is 0 Å². The third-order valence-electron chi connectivity index (χ3n) is 2.03. The molecule has 0 aliphatic heterocycles. The number of carbonyl (C=O) groups is 1. The van der Waals surface area contributed by atoms with Gasteiger partial charge in [0.2, 0.25) is 0 Å². The van der Waals surface area contributed by atoms with Gasteiger partial charge in [0.15, 0.2) is 0 Å². The van der Waals surface area contributed by atoms with Gasteiger partial charge in [0.05, 0.1) is 0 Å². The van der Waals surface area contributed by atoms with Crippen molar-refractivity contribution in [1.82, 2.24) is 5.32 Å². The third kappa shape index (κ3) is 4.26. The predicted octanol–water partition coefficient (Wildman–Crippen LogP) is 2.17. The Morgan fingerprint density at radius 2 is 2.00 bits per heavy atom. The van der Waals surface area contributed by atoms with E-state index in [0.29, 0.717) is 5.69 Å². The van der Waals surface area contributed by atoms with Crippen molar-refractivity contribution in [2.45, 2.75) is 19.9 Å². The molecular formula is C13H14FN3O. The Morgan fingerprint density at radius 3 is 2.50 bits per heavy atom. The first-order valence-corrected chi connectivity index (χ1v) is 5.46. The van der Waals surface area contributed by atoms with Crippen LogP contribution in [-0.4, -0.2) is 11.9 Å². The van der Waals surface area contributed by atoms with E-state index >= 15 is 0 Å². The van der Waals surface area contributed by atoms with E-state index in [1.807, 2.05) is 13.8 Å². The van der Waals surface area contributed by atoms with Gasteiger partial charge in [-0.25, -0.2) is 4.39 Å². The molecule has 4 nitrogen and oxygen atoms in total. The Bertz CT molecular complexity index is 486. The number of nitriles is 1. The van der Waals surface area contributed by atoms with Crippen LogP contribution in [0.2, 0.25) is 0 Å². The maximum absolute atomic E-state index is 12.7. The van der Waals surface area contributed by atoms with Crippen molar-refractivity contribution in [2.75, 3.05) is 5.32 Å². The summed E-state index contributed by atoms with van der Waals surface area (Å²) in [7, 11) is 0. The molecule has 1 rings (SSSR count). The Kier molecular flexibility index (Phi) is 4.88. The molecule has 0 unspecified atom stereocenters. The van der Waals surface area contributed by atoms with E-state index < -0.39 is 5.91 Å². The minimum Gasteiger partial charge on any atom is -0.387 e. The Labute approximate surface area is 105 Å². The molecule has 0 saturated carbocycles. The number of benzene rings is 1. The zero-order valence-corrected chi connectivity index (χ0v) is 10.2. The lowest BCUT2D eigenvalue weighted by atomic mass is 10.2. The van der Waals surface area contributed by atoms with Gasteiger partial charge in [-0.05, 0) is 38.1 Å². The summed E-state index contributed by atoms with van der Waals surface area (Å²) < 4.78 is 12.7. The van der Waals surface area contributed by atoms with Crippen molar-refractivity contribution < 1.29 is 9.18 Å². The highest BCUT2D eigenvalue weighted by Gasteiger charge is 2.09. The Hall–Kier alpha value is -2.35. The molecule has 1 aromatic rings. The minimum absolute atomic E-state index is 0.0342. The molecule has 0 heterocycles. The van der Waals surface area contributed by atoms with E-state index in [0.717, 1.165) is 0 Å². The van der Waals surface area contributed by atoms with Crippen LogP contribution in [0.15, 0.2) is 36.0 Å². The summed E-state index contributed by atoms with van der Waals surface area (Å²) in [5, 5.41) is 14.2. The lowest BCUT2D eigenvalue weighted by Crippen LogP contribution is -2.20. The van der Waals surface area contributed by atoms with E-state index in [2.05, 4.69) is 10.6 Å². The van der Waals surface area contributed by atoms with Crippen LogP contribution in [0.3, 0.4) is 0 Å². The zero-order chi connectivity index (χ0) is 13.5. The maximum atomic E-state index is 12.7. The Morgan fingerprint density at radius 1 is 1.39 bits per heavy atom. The first-order chi connectivity index (χ1) is 8.52. The van der Waals surface area contributed by atoms with Crippen LogP contribution in [-0.2, 0) is 4.79 Å². The predicted molar refractivity (Wildman–Crippen MR) is 67.0 cm³/mol. The first kappa shape index (κ1) is 13.7. The fraction of sp³-hybridized carbons (Fsp3) is 0.231. The quantitative estimate of drug-likeness (QED) is 0.633. The lowest BCUT2D eigenvalue weighted by Gasteiger charge is -2.06. The molecule has 0 aromatic heterocycles. The topological polar surface area (TPSA) is 64.9 Å². The molecule has 1 aromatic carbocycles. The van der Waals surface area contributed by atoms with E-state index in [4.69, 9.17) is 5.26 Å². The molecule has 2 N–H and O–H groups in total. The normalized spacial score (nSPS) is 10.9. The van der Waals surface area contributed by atoms with Crippen molar-refractivity contribution in [3.63, 3.8) is 0 Å². The summed E-state index contributed by atoms with van der Waals surface area (Å²) in [6.07, 6.45) is 1.36. The second kappa shape index (κ2) is 6.40. The molecule has 5 heteroatoms. The van der Waals surface area contributed by atoms with Crippen LogP contribution in [0.4, 0.5) is 10.1 Å². The van der Waals surface area contributed by atoms with Gasteiger partial charge in [-0.2, -0.15) is 5.26 Å². The van der Waals surface area contributed by atoms with Crippen LogP contribution < -0.4 is 10.6 Å². The highest BCUT2D eigenvalue weighted by Crippen LogP contribution is 2.09. The summed E-state index contributed by atoms with van der Waals surface area (Å²) in [4.78, 5) is 11.7. The molecule has 0 aliphatic rings. The van der Waals surface area contributed by atoms with Crippen molar-refractivity contribution in [3.8, 4) is 6.07 Å². The number of halogens is 1. The smallest absolute Gasteiger partial charge is 0.267 e. The number of carbonyl (C=O) groups excluding carboxylic acids is 1. The van der Waals surface area contributed by atoms with Gasteiger partial charge < -0.3 is 10.6 Å². The monoisotopic (exact) mass is 247 g/mol. The number of nitrogens with zero attached hydrogens (tertiary/aromatic N) is 1. The SMILES string of the molecule is CC(C)N/C=C(/C#N)C(=O)Nc1ccc(F)cc1. The van der Waals surface area contributed by atoms with Gasteiger partial charge in [-0.15, -0.1) is 0 Å². The number of anilines is 1. The molecule has 0 fully saturated rings. The molecule has 0 saturated heterocycles. The van der Waals surface area contributed by atoms with E-state index in [-0.39, 0.29) is 17.4 Å². The van der Waals surface area contributed by atoms with Gasteiger partial charge in [0, 0.05) is 17.9 Å². The minimum atomic E-state index is -0.530. The van der Waals surface area contributed by atoms with Crippen LogP contribution >= 0.6 is 0 Å². The first-order valence-electron chi connectivity index (χ1n) is 5.46. The molecule has 0 atom stereocenters. The van der Waals surface area contributed by atoms with Crippen molar-refractivity contribution in [3.05, 3.63) is 41.9 Å². The van der Waals surface area contributed by atoms with Gasteiger partial charge in [0.25, 0.3) is 5.91 Å². The molecule has 0 aliphatic carbocycles. The number of rotatable bonds is 4. The molecule has 1 amide bonds. The zero-order valence-electron chi connectivity index (χ0n) is 10.2. The molecular weight excluding hydrogens is 233 g/mol. The Balaban J connectivity index is 2.72. The largest absolute Gasteiger partial charge is 0.387 e. The molecule has 0 spiro atoms. The maximum Gasteiger partial charge on any atom is 0.267 e. The summed E-state index contributed by atoms with van der Waals surface area (Å²) >= 11 is 0. The molecule has 0 radical (unpaired) electrons. The van der Waals surface area contributed by atoms with Gasteiger partial charge in [-0.3, -0.25) is 4.79 Å². The van der Waals surface area contributed by atoms with Gasteiger partial charge >= 0.3 is 0 Å². The molecule has 94 valence electrons. The van der Waals surface area contributed by atoms with Gasteiger partial charge in [0.1, 0.15) is 17.5 Å². The lowest BCUT2D eigenvalue weighted by molar-refractivity contribution is -0.112. The van der Waals surface area contributed by atoms with Crippen molar-refractivity contribution in [1.29, 1.82) is 5.26 Å². The standard InChI is InChI=1S/C13H14FN3O/c1-9(2)16-8-10(7-15)13(18)17-12-5-3-11(14)4-6-12/h3-6,8-9,16H,1-2H3,(H,17,18)/b10-8-. The summed E-state index contributed by atoms with van der Waals surface area (Å²) in [5.41, 5.74) is 0.403. The van der Waals surface area contributed by atoms with Crippen LogP contribution in [0.1, 0.15) is 13.8 Å². The average molecular weight is 247 g/mol. The van der Waals surface area contributed by atoms with E-state index in [1.54, 1.807) is 6.07 Å². The van der Waals surface area contributed by atoms with E-state index in [1.165, 1.54) is 30.5 Å².